The van der Waals surface area contributed by atoms with Crippen LogP contribution in [0.2, 0.25) is 0 Å². The van der Waals surface area contributed by atoms with Crippen LogP contribution in [0.3, 0.4) is 0 Å². The number of halogens is 2. The van der Waals surface area contributed by atoms with Crippen molar-refractivity contribution in [2.24, 2.45) is 7.05 Å². The van der Waals surface area contributed by atoms with Gasteiger partial charge in [0.1, 0.15) is 11.6 Å². The van der Waals surface area contributed by atoms with E-state index in [0.29, 0.717) is 12.0 Å². The van der Waals surface area contributed by atoms with Crippen LogP contribution in [-0.2, 0) is 19.9 Å². The summed E-state index contributed by atoms with van der Waals surface area (Å²) >= 11 is 0. The van der Waals surface area contributed by atoms with E-state index in [0.717, 1.165) is 23.9 Å². The molecule has 0 aliphatic rings. The SMILES string of the molecule is CNC(Cc1cc(F)cc(F)c1)Cc1cc(C)nn1C. The zero-order valence-electron chi connectivity index (χ0n) is 12.0. The van der Waals surface area contributed by atoms with Crippen LogP contribution in [0.15, 0.2) is 24.3 Å². The van der Waals surface area contributed by atoms with Crippen molar-refractivity contribution in [2.75, 3.05) is 7.05 Å². The molecule has 0 fully saturated rings. The van der Waals surface area contributed by atoms with Gasteiger partial charge in [-0.3, -0.25) is 4.68 Å². The number of likely N-dealkylation sites (N-methyl/N-ethyl adjacent to an activating group) is 1. The lowest BCUT2D eigenvalue weighted by atomic mass is 10.0. The van der Waals surface area contributed by atoms with E-state index >= 15 is 0 Å². The van der Waals surface area contributed by atoms with Crippen molar-refractivity contribution >= 4 is 0 Å². The van der Waals surface area contributed by atoms with Crippen LogP contribution in [0.1, 0.15) is 17.0 Å². The average Bonchev–Trinajstić information content (AvgIpc) is 2.65. The van der Waals surface area contributed by atoms with E-state index in [9.17, 15) is 8.78 Å². The van der Waals surface area contributed by atoms with Crippen molar-refractivity contribution < 1.29 is 8.78 Å². The molecule has 2 aromatic rings. The van der Waals surface area contributed by atoms with Gasteiger partial charge in [-0.25, -0.2) is 8.78 Å². The lowest BCUT2D eigenvalue weighted by Crippen LogP contribution is -2.30. The highest BCUT2D eigenvalue weighted by Crippen LogP contribution is 2.13. The number of nitrogens with zero attached hydrogens (tertiary/aromatic N) is 2. The number of aromatic nitrogens is 2. The first-order valence-corrected chi connectivity index (χ1v) is 6.59. The summed E-state index contributed by atoms with van der Waals surface area (Å²) in [7, 11) is 3.75. The van der Waals surface area contributed by atoms with Crippen molar-refractivity contribution in [3.63, 3.8) is 0 Å². The van der Waals surface area contributed by atoms with Crippen LogP contribution >= 0.6 is 0 Å². The van der Waals surface area contributed by atoms with E-state index in [1.54, 1.807) is 0 Å². The highest BCUT2D eigenvalue weighted by atomic mass is 19.1. The molecule has 1 N–H and O–H groups in total. The normalized spacial score (nSPS) is 12.7. The molecule has 0 spiro atoms. The number of hydrogen-bond donors (Lipinski definition) is 1. The second-order valence-corrected chi connectivity index (χ2v) is 5.07. The summed E-state index contributed by atoms with van der Waals surface area (Å²) in [5, 5.41) is 7.49. The van der Waals surface area contributed by atoms with Gasteiger partial charge in [0, 0.05) is 31.3 Å². The van der Waals surface area contributed by atoms with E-state index in [1.165, 1.54) is 12.1 Å². The van der Waals surface area contributed by atoms with E-state index in [1.807, 2.05) is 31.8 Å². The molecule has 5 heteroatoms. The van der Waals surface area contributed by atoms with E-state index in [2.05, 4.69) is 10.4 Å². The molecule has 1 atom stereocenters. The zero-order valence-corrected chi connectivity index (χ0v) is 12.0. The van der Waals surface area contributed by atoms with Crippen LogP contribution in [0.5, 0.6) is 0 Å². The van der Waals surface area contributed by atoms with Crippen molar-refractivity contribution in [3.05, 3.63) is 52.9 Å². The van der Waals surface area contributed by atoms with Crippen LogP contribution in [0.4, 0.5) is 8.78 Å². The fourth-order valence-corrected chi connectivity index (χ4v) is 2.40. The summed E-state index contributed by atoms with van der Waals surface area (Å²) in [4.78, 5) is 0. The Morgan fingerprint density at radius 3 is 2.30 bits per heavy atom. The average molecular weight is 279 g/mol. The van der Waals surface area contributed by atoms with Gasteiger partial charge in [0.05, 0.1) is 5.69 Å². The van der Waals surface area contributed by atoms with E-state index < -0.39 is 11.6 Å². The molecule has 0 radical (unpaired) electrons. The predicted octanol–water partition coefficient (Wildman–Crippen LogP) is 2.38. The smallest absolute Gasteiger partial charge is 0.126 e. The Labute approximate surface area is 117 Å². The maximum atomic E-state index is 13.2. The molecule has 1 aromatic carbocycles. The van der Waals surface area contributed by atoms with Crippen molar-refractivity contribution in [1.29, 1.82) is 0 Å². The van der Waals surface area contributed by atoms with Gasteiger partial charge in [-0.05, 0) is 44.2 Å². The molecular weight excluding hydrogens is 260 g/mol. The first-order chi connectivity index (χ1) is 9.47. The third-order valence-corrected chi connectivity index (χ3v) is 3.37. The molecule has 1 unspecified atom stereocenters. The Hall–Kier alpha value is -1.75. The number of rotatable bonds is 5. The number of nitrogens with one attached hydrogen (secondary N) is 1. The molecule has 20 heavy (non-hydrogen) atoms. The monoisotopic (exact) mass is 279 g/mol. The number of benzene rings is 1. The fourth-order valence-electron chi connectivity index (χ4n) is 2.40. The molecule has 1 aromatic heterocycles. The van der Waals surface area contributed by atoms with Gasteiger partial charge in [0.2, 0.25) is 0 Å². The van der Waals surface area contributed by atoms with Gasteiger partial charge < -0.3 is 5.32 Å². The molecule has 1 heterocycles. The zero-order chi connectivity index (χ0) is 14.7. The molecule has 2 rings (SSSR count). The largest absolute Gasteiger partial charge is 0.316 e. The van der Waals surface area contributed by atoms with Crippen molar-refractivity contribution in [2.45, 2.75) is 25.8 Å². The lowest BCUT2D eigenvalue weighted by molar-refractivity contribution is 0.526. The molecule has 108 valence electrons. The predicted molar refractivity (Wildman–Crippen MR) is 74.6 cm³/mol. The van der Waals surface area contributed by atoms with Gasteiger partial charge in [-0.2, -0.15) is 5.10 Å². The van der Waals surface area contributed by atoms with Crippen LogP contribution in [0.25, 0.3) is 0 Å². The fraction of sp³-hybridized carbons (Fsp3) is 0.400. The molecule has 0 saturated heterocycles. The minimum atomic E-state index is -0.536. The number of hydrogen-bond acceptors (Lipinski definition) is 2. The summed E-state index contributed by atoms with van der Waals surface area (Å²) < 4.78 is 28.2. The summed E-state index contributed by atoms with van der Waals surface area (Å²) in [5.41, 5.74) is 2.72. The topological polar surface area (TPSA) is 29.9 Å². The highest BCUT2D eigenvalue weighted by Gasteiger charge is 2.13. The number of aryl methyl sites for hydroxylation is 2. The maximum absolute atomic E-state index is 13.2. The Morgan fingerprint density at radius 2 is 1.80 bits per heavy atom. The highest BCUT2D eigenvalue weighted by molar-refractivity contribution is 5.20. The van der Waals surface area contributed by atoms with E-state index in [-0.39, 0.29) is 6.04 Å². The molecule has 0 amide bonds. The van der Waals surface area contributed by atoms with E-state index in [4.69, 9.17) is 0 Å². The van der Waals surface area contributed by atoms with Crippen LogP contribution in [-0.4, -0.2) is 22.9 Å². The minimum Gasteiger partial charge on any atom is -0.316 e. The van der Waals surface area contributed by atoms with Crippen molar-refractivity contribution in [1.82, 2.24) is 15.1 Å². The van der Waals surface area contributed by atoms with Gasteiger partial charge >= 0.3 is 0 Å². The molecular formula is C15H19F2N3. The molecule has 0 saturated carbocycles. The third kappa shape index (κ3) is 3.63. The molecule has 0 aliphatic heterocycles. The second kappa shape index (κ2) is 6.13. The van der Waals surface area contributed by atoms with Gasteiger partial charge in [0.25, 0.3) is 0 Å². The first-order valence-electron chi connectivity index (χ1n) is 6.59. The quantitative estimate of drug-likeness (QED) is 0.910. The maximum Gasteiger partial charge on any atom is 0.126 e. The third-order valence-electron chi connectivity index (χ3n) is 3.37. The summed E-state index contributed by atoms with van der Waals surface area (Å²) in [6, 6.07) is 5.77. The lowest BCUT2D eigenvalue weighted by Gasteiger charge is -2.16. The molecule has 0 bridgehead atoms. The van der Waals surface area contributed by atoms with Crippen LogP contribution < -0.4 is 5.32 Å². The van der Waals surface area contributed by atoms with Crippen LogP contribution in [0, 0.1) is 18.6 Å². The molecule has 0 aliphatic carbocycles. The first kappa shape index (κ1) is 14.7. The van der Waals surface area contributed by atoms with Gasteiger partial charge in [-0.1, -0.05) is 0 Å². The Kier molecular flexibility index (Phi) is 4.49. The molecule has 3 nitrogen and oxygen atoms in total. The summed E-state index contributed by atoms with van der Waals surface area (Å²) in [6.45, 7) is 1.94. The summed E-state index contributed by atoms with van der Waals surface area (Å²) in [6.07, 6.45) is 1.32. The Balaban J connectivity index is 2.10. The second-order valence-electron chi connectivity index (χ2n) is 5.07. The summed E-state index contributed by atoms with van der Waals surface area (Å²) in [5.74, 6) is -1.07. The van der Waals surface area contributed by atoms with Gasteiger partial charge in [0.15, 0.2) is 0 Å². The Morgan fingerprint density at radius 1 is 1.15 bits per heavy atom. The standard InChI is InChI=1S/C15H19F2N3/c1-10-4-15(20(3)19-10)9-14(18-2)7-11-5-12(16)8-13(17)6-11/h4-6,8,14,18H,7,9H2,1-3H3. The Bertz CT molecular complexity index is 573. The van der Waals surface area contributed by atoms with Crippen molar-refractivity contribution in [3.8, 4) is 0 Å². The minimum absolute atomic E-state index is 0.103. The van der Waals surface area contributed by atoms with Gasteiger partial charge in [-0.15, -0.1) is 0 Å².